The number of nitrogens with one attached hydrogen (secondary N) is 1. The molecule has 6 heteroatoms. The van der Waals surface area contributed by atoms with Crippen molar-refractivity contribution in [1.29, 1.82) is 0 Å². The van der Waals surface area contributed by atoms with Crippen molar-refractivity contribution >= 4 is 11.6 Å². The molecule has 0 fully saturated rings. The summed E-state index contributed by atoms with van der Waals surface area (Å²) in [5.74, 6) is -0.116. The van der Waals surface area contributed by atoms with Gasteiger partial charge in [-0.25, -0.2) is 4.98 Å². The van der Waals surface area contributed by atoms with Crippen molar-refractivity contribution in [2.45, 2.75) is 13.0 Å². The first-order valence-corrected chi connectivity index (χ1v) is 6.56. The highest BCUT2D eigenvalue weighted by Crippen LogP contribution is 2.10. The molecule has 20 heavy (non-hydrogen) atoms. The molecule has 1 heterocycles. The van der Waals surface area contributed by atoms with E-state index < -0.39 is 0 Å². The smallest absolute Gasteiger partial charge is 0.272 e. The summed E-state index contributed by atoms with van der Waals surface area (Å²) in [5.41, 5.74) is 1.29. The molecule has 0 bridgehead atoms. The molecule has 0 aromatic carbocycles. The van der Waals surface area contributed by atoms with Gasteiger partial charge >= 0.3 is 0 Å². The molecule has 0 aliphatic carbocycles. The Labute approximate surface area is 120 Å². The molecular formula is C14H23N3O3. The minimum Gasteiger partial charge on any atom is -0.387 e. The lowest BCUT2D eigenvalue weighted by Crippen LogP contribution is -2.43. The van der Waals surface area contributed by atoms with Gasteiger partial charge in [-0.1, -0.05) is 0 Å². The number of hydrogen-bond acceptors (Lipinski definition) is 5. The molecule has 0 radical (unpaired) electrons. The van der Waals surface area contributed by atoms with Crippen LogP contribution in [0, 0.1) is 0 Å². The number of rotatable bonds is 8. The Kier molecular flexibility index (Phi) is 6.97. The third-order valence-electron chi connectivity index (χ3n) is 3.01. The molecule has 1 rings (SSSR count). The number of nitrogens with zero attached hydrogens (tertiary/aromatic N) is 2. The van der Waals surface area contributed by atoms with E-state index in [-0.39, 0.29) is 11.9 Å². The maximum atomic E-state index is 12.5. The Bertz CT molecular complexity index is 409. The first-order valence-electron chi connectivity index (χ1n) is 6.56. The number of methoxy groups -OCH3 is 2. The van der Waals surface area contributed by atoms with Gasteiger partial charge in [0.05, 0.1) is 31.1 Å². The zero-order chi connectivity index (χ0) is 15.0. The summed E-state index contributed by atoms with van der Waals surface area (Å²) >= 11 is 0. The molecule has 1 aromatic heterocycles. The molecule has 1 N–H and O–H groups in total. The number of aromatic nitrogens is 1. The maximum absolute atomic E-state index is 12.5. The van der Waals surface area contributed by atoms with Gasteiger partial charge in [-0.05, 0) is 19.1 Å². The van der Waals surface area contributed by atoms with Gasteiger partial charge in [-0.3, -0.25) is 4.79 Å². The van der Waals surface area contributed by atoms with Crippen LogP contribution in [-0.4, -0.2) is 62.9 Å². The van der Waals surface area contributed by atoms with E-state index in [4.69, 9.17) is 9.47 Å². The molecule has 1 aromatic rings. The van der Waals surface area contributed by atoms with Crippen molar-refractivity contribution < 1.29 is 14.3 Å². The van der Waals surface area contributed by atoms with Gasteiger partial charge in [0.25, 0.3) is 5.91 Å². The fraction of sp³-hybridized carbons (Fsp3) is 0.571. The standard InChI is InChI=1S/C14H23N3O3/c1-11(10-20-4)17(7-8-19-3)14(18)13-6-5-12(15-2)9-16-13/h5-6,9,11,15H,7-8,10H2,1-4H3. The van der Waals surface area contributed by atoms with E-state index in [0.29, 0.717) is 25.5 Å². The van der Waals surface area contributed by atoms with Gasteiger partial charge in [-0.15, -0.1) is 0 Å². The molecule has 6 nitrogen and oxygen atoms in total. The monoisotopic (exact) mass is 281 g/mol. The van der Waals surface area contributed by atoms with E-state index in [1.54, 1.807) is 31.4 Å². The third-order valence-corrected chi connectivity index (χ3v) is 3.01. The van der Waals surface area contributed by atoms with Crippen LogP contribution >= 0.6 is 0 Å². The Morgan fingerprint density at radius 2 is 2.15 bits per heavy atom. The highest BCUT2D eigenvalue weighted by atomic mass is 16.5. The SMILES string of the molecule is CNc1ccc(C(=O)N(CCOC)C(C)COC)nc1. The molecule has 112 valence electrons. The van der Waals surface area contributed by atoms with Crippen LogP contribution in [0.4, 0.5) is 5.69 Å². The minimum absolute atomic E-state index is 0.0339. The van der Waals surface area contributed by atoms with Crippen LogP contribution in [0.3, 0.4) is 0 Å². The van der Waals surface area contributed by atoms with E-state index in [1.165, 1.54) is 0 Å². The highest BCUT2D eigenvalue weighted by molar-refractivity contribution is 5.92. The summed E-state index contributed by atoms with van der Waals surface area (Å²) in [7, 11) is 5.04. The second-order valence-electron chi connectivity index (χ2n) is 4.48. The molecule has 1 unspecified atom stereocenters. The molecule has 1 atom stereocenters. The number of hydrogen-bond donors (Lipinski definition) is 1. The van der Waals surface area contributed by atoms with Crippen LogP contribution in [0.1, 0.15) is 17.4 Å². The number of carbonyl (C=O) groups is 1. The van der Waals surface area contributed by atoms with Crippen LogP contribution in [-0.2, 0) is 9.47 Å². The summed E-state index contributed by atoms with van der Waals surface area (Å²) in [6, 6.07) is 3.51. The average molecular weight is 281 g/mol. The van der Waals surface area contributed by atoms with E-state index >= 15 is 0 Å². The van der Waals surface area contributed by atoms with Crippen molar-refractivity contribution in [2.75, 3.05) is 46.3 Å². The van der Waals surface area contributed by atoms with Crippen molar-refractivity contribution in [3.63, 3.8) is 0 Å². The van der Waals surface area contributed by atoms with E-state index in [1.807, 2.05) is 20.0 Å². The van der Waals surface area contributed by atoms with Crippen LogP contribution in [0.25, 0.3) is 0 Å². The van der Waals surface area contributed by atoms with Crippen LogP contribution in [0.2, 0.25) is 0 Å². The van der Waals surface area contributed by atoms with Crippen molar-refractivity contribution in [3.8, 4) is 0 Å². The summed E-state index contributed by atoms with van der Waals surface area (Å²) in [4.78, 5) is 18.4. The fourth-order valence-corrected chi connectivity index (χ4v) is 1.86. The predicted octanol–water partition coefficient (Wildman–Crippen LogP) is 1.25. The summed E-state index contributed by atoms with van der Waals surface area (Å²) in [6.07, 6.45) is 1.64. The number of carbonyl (C=O) groups excluding carboxylic acids is 1. The summed E-state index contributed by atoms with van der Waals surface area (Å²) < 4.78 is 10.2. The largest absolute Gasteiger partial charge is 0.387 e. The second kappa shape index (κ2) is 8.50. The Morgan fingerprint density at radius 1 is 1.40 bits per heavy atom. The van der Waals surface area contributed by atoms with Crippen molar-refractivity contribution in [1.82, 2.24) is 9.88 Å². The quantitative estimate of drug-likeness (QED) is 0.777. The predicted molar refractivity (Wildman–Crippen MR) is 78.0 cm³/mol. The molecule has 0 saturated carbocycles. The van der Waals surface area contributed by atoms with Gasteiger partial charge in [0.1, 0.15) is 5.69 Å². The van der Waals surface area contributed by atoms with Gasteiger partial charge in [-0.2, -0.15) is 0 Å². The maximum Gasteiger partial charge on any atom is 0.272 e. The fourth-order valence-electron chi connectivity index (χ4n) is 1.86. The topological polar surface area (TPSA) is 63.7 Å². The lowest BCUT2D eigenvalue weighted by Gasteiger charge is -2.28. The zero-order valence-electron chi connectivity index (χ0n) is 12.5. The van der Waals surface area contributed by atoms with E-state index in [0.717, 1.165) is 5.69 Å². The summed E-state index contributed by atoms with van der Waals surface area (Å²) in [5, 5.41) is 2.97. The molecule has 0 spiro atoms. The van der Waals surface area contributed by atoms with Gasteiger partial charge in [0.2, 0.25) is 0 Å². The van der Waals surface area contributed by atoms with Crippen LogP contribution in [0.15, 0.2) is 18.3 Å². The van der Waals surface area contributed by atoms with Gasteiger partial charge in [0.15, 0.2) is 0 Å². The Morgan fingerprint density at radius 3 is 2.65 bits per heavy atom. The number of anilines is 1. The molecular weight excluding hydrogens is 258 g/mol. The average Bonchev–Trinajstić information content (AvgIpc) is 2.48. The van der Waals surface area contributed by atoms with Gasteiger partial charge in [0, 0.05) is 27.8 Å². The lowest BCUT2D eigenvalue weighted by molar-refractivity contribution is 0.0474. The van der Waals surface area contributed by atoms with E-state index in [2.05, 4.69) is 10.3 Å². The summed E-state index contributed by atoms with van der Waals surface area (Å²) in [6.45, 7) is 3.41. The molecule has 0 saturated heterocycles. The second-order valence-corrected chi connectivity index (χ2v) is 4.48. The Hall–Kier alpha value is -1.66. The first-order chi connectivity index (χ1) is 9.63. The number of amides is 1. The Balaban J connectivity index is 2.84. The number of pyridine rings is 1. The third kappa shape index (κ3) is 4.47. The number of ether oxygens (including phenoxy) is 2. The molecule has 0 aliphatic heterocycles. The van der Waals surface area contributed by atoms with E-state index in [9.17, 15) is 4.79 Å². The first kappa shape index (κ1) is 16.4. The van der Waals surface area contributed by atoms with Crippen molar-refractivity contribution in [3.05, 3.63) is 24.0 Å². The minimum atomic E-state index is -0.116. The van der Waals surface area contributed by atoms with Crippen molar-refractivity contribution in [2.24, 2.45) is 0 Å². The zero-order valence-corrected chi connectivity index (χ0v) is 12.5. The highest BCUT2D eigenvalue weighted by Gasteiger charge is 2.22. The normalized spacial score (nSPS) is 12.0. The lowest BCUT2D eigenvalue weighted by atomic mass is 10.2. The molecule has 0 aliphatic rings. The van der Waals surface area contributed by atoms with Crippen LogP contribution in [0.5, 0.6) is 0 Å². The van der Waals surface area contributed by atoms with Crippen LogP contribution < -0.4 is 5.32 Å². The molecule has 1 amide bonds. The van der Waals surface area contributed by atoms with Gasteiger partial charge < -0.3 is 19.7 Å².